The van der Waals surface area contributed by atoms with E-state index in [1.165, 1.54) is 103 Å². The minimum Gasteiger partial charge on any atom is -0.425 e. The second-order valence-electron chi connectivity index (χ2n) is 24.8. The number of hydrogen-bond donors (Lipinski definition) is 0. The van der Waals surface area contributed by atoms with Gasteiger partial charge >= 0.3 is 42.1 Å². The summed E-state index contributed by atoms with van der Waals surface area (Å²) in [5.74, 6) is 4.13. The SMILES string of the molecule is CCC1(CC)CN=C2[N-]CC(CC)(CC)CN2C1.CCC1(CC)CN=C2[N-]CC(CC)(CC)CN2C1.CCC1(CC)CN=C2[N-]CC(CC)(CC)CN2C1.CCC1(CC)CN=C2[N-]CC(CC)(CC)CN2C1.[Mo+2].[Mo+2]. The maximum Gasteiger partial charge on any atom is 2.00 e. The molecule has 0 spiro atoms. The summed E-state index contributed by atoms with van der Waals surface area (Å²) in [4.78, 5) is 28.9. The molecule has 0 N–H and O–H groups in total. The number of fused-ring (bicyclic) bond motifs is 4. The normalized spacial score (nSPS) is 24.4. The van der Waals surface area contributed by atoms with Crippen LogP contribution in [0.1, 0.15) is 214 Å². The second kappa shape index (κ2) is 29.1. The fourth-order valence-corrected chi connectivity index (χ4v) is 12.9. The van der Waals surface area contributed by atoms with Crippen LogP contribution < -0.4 is 0 Å². The van der Waals surface area contributed by atoms with E-state index in [2.05, 4.69) is 130 Å². The Morgan fingerprint density at radius 3 is 0.527 bits per heavy atom. The van der Waals surface area contributed by atoms with Crippen molar-refractivity contribution in [2.75, 3.05) is 105 Å². The van der Waals surface area contributed by atoms with Crippen LogP contribution in [-0.2, 0) is 42.1 Å². The van der Waals surface area contributed by atoms with Crippen LogP contribution in [0.3, 0.4) is 0 Å². The summed E-state index contributed by atoms with van der Waals surface area (Å²) in [6.07, 6.45) is 19.6. The third kappa shape index (κ3) is 15.0. The molecule has 0 aromatic carbocycles. The van der Waals surface area contributed by atoms with Crippen LogP contribution in [0, 0.1) is 43.3 Å². The molecule has 0 saturated carbocycles. The van der Waals surface area contributed by atoms with Crippen LogP contribution in [0.5, 0.6) is 0 Å². The number of aliphatic imine (C=N–C) groups is 4. The Balaban J connectivity index is 0.000000258. The van der Waals surface area contributed by atoms with Gasteiger partial charge in [0.05, 0.1) is 0 Å². The van der Waals surface area contributed by atoms with E-state index in [1.54, 1.807) is 0 Å². The predicted molar refractivity (Wildman–Crippen MR) is 313 cm³/mol. The van der Waals surface area contributed by atoms with Crippen molar-refractivity contribution >= 4 is 23.8 Å². The Labute approximate surface area is 485 Å². The van der Waals surface area contributed by atoms with Crippen molar-refractivity contribution in [3.05, 3.63) is 21.3 Å². The third-order valence-corrected chi connectivity index (χ3v) is 21.8. The molecule has 0 unspecified atom stereocenters. The number of guanidine groups is 4. The number of hydrogen-bond acceptors (Lipinski definition) is 8. The largest absolute Gasteiger partial charge is 2.00 e. The Kier molecular flexibility index (Phi) is 26.2. The molecule has 14 heteroatoms. The molecule has 0 bridgehead atoms. The molecule has 0 radical (unpaired) electrons. The summed E-state index contributed by atoms with van der Waals surface area (Å²) in [6, 6.07) is 0. The van der Waals surface area contributed by atoms with Gasteiger partial charge in [-0.05, 0) is 251 Å². The van der Waals surface area contributed by atoms with E-state index in [9.17, 15) is 0 Å². The van der Waals surface area contributed by atoms with E-state index in [4.69, 9.17) is 41.2 Å². The van der Waals surface area contributed by atoms with Crippen LogP contribution in [0.15, 0.2) is 20.0 Å². The molecule has 4 saturated heterocycles. The van der Waals surface area contributed by atoms with Gasteiger partial charge in [0.2, 0.25) is 0 Å². The quantitative estimate of drug-likeness (QED) is 0.143. The topological polar surface area (TPSA) is 119 Å². The smallest absolute Gasteiger partial charge is 0.425 e. The van der Waals surface area contributed by atoms with Gasteiger partial charge in [-0.1, -0.05) is 111 Å². The van der Waals surface area contributed by atoms with Crippen molar-refractivity contribution in [2.24, 2.45) is 63.3 Å². The van der Waals surface area contributed by atoms with E-state index in [1.807, 2.05) is 0 Å². The Bertz CT molecular complexity index is 1520. The first-order chi connectivity index (χ1) is 34.5. The fraction of sp³-hybridized carbons (Fsp3) is 0.933. The molecule has 424 valence electrons. The van der Waals surface area contributed by atoms with Crippen LogP contribution in [0.4, 0.5) is 0 Å². The Hall–Kier alpha value is -1.54. The Morgan fingerprint density at radius 1 is 0.257 bits per heavy atom. The molecule has 0 aliphatic carbocycles. The molecule has 0 amide bonds. The van der Waals surface area contributed by atoms with Crippen molar-refractivity contribution in [2.45, 2.75) is 214 Å². The van der Waals surface area contributed by atoms with Crippen molar-refractivity contribution in [1.29, 1.82) is 0 Å². The summed E-state index contributed by atoms with van der Waals surface area (Å²) in [5.41, 5.74) is 3.14. The molecule has 8 aliphatic rings. The van der Waals surface area contributed by atoms with E-state index in [-0.39, 0.29) is 42.1 Å². The predicted octanol–water partition coefficient (Wildman–Crippen LogP) is 14.6. The van der Waals surface area contributed by atoms with Gasteiger partial charge in [-0.3, -0.25) is 0 Å². The molecule has 4 fully saturated rings. The molecular formula is C60H112Mo2N12. The standard InChI is InChI=1S/4C15H28N3.2Mo/c4*1-5-14(6-2)9-16-13-17-10-15(7-3,8-4)12-18(13)11-14;;/h4*5-12H2,1-4H3;;/q4*-1;2*+2. The average molecular weight is 1190 g/mol. The van der Waals surface area contributed by atoms with E-state index in [0.717, 1.165) is 129 Å². The Morgan fingerprint density at radius 2 is 0.392 bits per heavy atom. The van der Waals surface area contributed by atoms with E-state index < -0.39 is 0 Å². The summed E-state index contributed by atoms with van der Waals surface area (Å²) in [7, 11) is 0. The zero-order valence-electron chi connectivity index (χ0n) is 50.8. The molecule has 8 aliphatic heterocycles. The molecule has 0 aromatic heterocycles. The first-order valence-electron chi connectivity index (χ1n) is 30.4. The van der Waals surface area contributed by atoms with Crippen LogP contribution in [-0.4, -0.2) is 148 Å². The monoisotopic (exact) mass is 1200 g/mol. The maximum atomic E-state index is 4.76. The molecule has 12 nitrogen and oxygen atoms in total. The molecular weight excluding hydrogens is 1080 g/mol. The fourth-order valence-electron chi connectivity index (χ4n) is 12.9. The van der Waals surface area contributed by atoms with Gasteiger partial charge in [0.25, 0.3) is 0 Å². The summed E-state index contributed by atoms with van der Waals surface area (Å²) >= 11 is 0. The van der Waals surface area contributed by atoms with Gasteiger partial charge in [-0.15, -0.1) is 0 Å². The van der Waals surface area contributed by atoms with Crippen LogP contribution in [0.2, 0.25) is 0 Å². The minimum absolute atomic E-state index is 0. The molecule has 74 heavy (non-hydrogen) atoms. The third-order valence-electron chi connectivity index (χ3n) is 21.8. The van der Waals surface area contributed by atoms with Gasteiger partial charge in [0.15, 0.2) is 0 Å². The average Bonchev–Trinajstić information content (AvgIpc) is 3.46. The van der Waals surface area contributed by atoms with Gasteiger partial charge in [0.1, 0.15) is 0 Å². The first-order valence-corrected chi connectivity index (χ1v) is 30.4. The zero-order valence-corrected chi connectivity index (χ0v) is 54.8. The second-order valence-corrected chi connectivity index (χ2v) is 24.8. The van der Waals surface area contributed by atoms with E-state index in [0.29, 0.717) is 43.3 Å². The number of rotatable bonds is 16. The van der Waals surface area contributed by atoms with Crippen molar-refractivity contribution in [3.8, 4) is 0 Å². The molecule has 0 aromatic rings. The minimum atomic E-state index is 0. The summed E-state index contributed by atoms with van der Waals surface area (Å²) in [5, 5.41) is 19.0. The van der Waals surface area contributed by atoms with Crippen LogP contribution in [0.25, 0.3) is 21.3 Å². The van der Waals surface area contributed by atoms with Gasteiger partial charge in [0, 0.05) is 23.8 Å². The van der Waals surface area contributed by atoms with Gasteiger partial charge < -0.3 is 60.8 Å². The maximum absolute atomic E-state index is 4.76. The van der Waals surface area contributed by atoms with Crippen molar-refractivity contribution in [1.82, 2.24) is 19.6 Å². The summed E-state index contributed by atoms with van der Waals surface area (Å²) in [6.45, 7) is 53.9. The van der Waals surface area contributed by atoms with Crippen LogP contribution >= 0.6 is 0 Å². The van der Waals surface area contributed by atoms with E-state index >= 15 is 0 Å². The molecule has 8 rings (SSSR count). The zero-order chi connectivity index (χ0) is 52.9. The summed E-state index contributed by atoms with van der Waals surface area (Å²) < 4.78 is 0. The van der Waals surface area contributed by atoms with Gasteiger partial charge in [-0.2, -0.15) is 0 Å². The van der Waals surface area contributed by atoms with Crippen molar-refractivity contribution < 1.29 is 42.1 Å². The molecule has 0 atom stereocenters. The van der Waals surface area contributed by atoms with Gasteiger partial charge in [-0.25, -0.2) is 0 Å². The number of nitrogens with zero attached hydrogens (tertiary/aromatic N) is 12. The first kappa shape index (κ1) is 66.7. The molecule has 8 heterocycles. The van der Waals surface area contributed by atoms with Crippen molar-refractivity contribution in [3.63, 3.8) is 0 Å².